The second-order valence-corrected chi connectivity index (χ2v) is 8.29. The first-order chi connectivity index (χ1) is 13.2. The molecule has 2 aliphatic heterocycles. The van der Waals surface area contributed by atoms with E-state index in [2.05, 4.69) is 15.2 Å². The summed E-state index contributed by atoms with van der Waals surface area (Å²) in [5.74, 6) is -0.167. The lowest BCUT2D eigenvalue weighted by Crippen LogP contribution is -2.50. The summed E-state index contributed by atoms with van der Waals surface area (Å²) in [6.07, 6.45) is 0.565. The molecular formula is C20H30N4O4. The number of carbonyl (C=O) groups is 2. The van der Waals surface area contributed by atoms with Gasteiger partial charge in [0.1, 0.15) is 11.3 Å². The zero-order chi connectivity index (χ0) is 20.3. The van der Waals surface area contributed by atoms with E-state index in [1.54, 1.807) is 11.0 Å². The summed E-state index contributed by atoms with van der Waals surface area (Å²) in [7, 11) is 0. The Balaban J connectivity index is 1.57. The number of ether oxygens (including phenoxy) is 2. The van der Waals surface area contributed by atoms with Crippen molar-refractivity contribution in [3.63, 3.8) is 0 Å². The minimum atomic E-state index is -0.490. The van der Waals surface area contributed by atoms with Crippen LogP contribution in [0.1, 0.15) is 43.4 Å². The van der Waals surface area contributed by atoms with Gasteiger partial charge in [0.05, 0.1) is 24.0 Å². The number of nitrogens with zero attached hydrogens (tertiary/aromatic N) is 3. The zero-order valence-electron chi connectivity index (χ0n) is 17.2. The van der Waals surface area contributed by atoms with Gasteiger partial charge in [-0.1, -0.05) is 0 Å². The number of nitrogens with one attached hydrogen (secondary N) is 1. The van der Waals surface area contributed by atoms with Gasteiger partial charge in [-0.3, -0.25) is 4.79 Å². The molecule has 0 spiro atoms. The van der Waals surface area contributed by atoms with Crippen molar-refractivity contribution in [3.05, 3.63) is 23.5 Å². The summed E-state index contributed by atoms with van der Waals surface area (Å²) in [6.45, 7) is 11.4. The van der Waals surface area contributed by atoms with E-state index in [0.29, 0.717) is 45.1 Å². The Labute approximate surface area is 166 Å². The molecule has 1 aromatic heterocycles. The second kappa shape index (κ2) is 8.34. The molecule has 28 heavy (non-hydrogen) atoms. The maximum absolute atomic E-state index is 12.4. The molecule has 0 aliphatic carbocycles. The first kappa shape index (κ1) is 20.4. The fourth-order valence-electron chi connectivity index (χ4n) is 3.38. The number of anilines is 1. The van der Waals surface area contributed by atoms with Crippen LogP contribution in [-0.2, 0) is 9.47 Å². The van der Waals surface area contributed by atoms with Gasteiger partial charge < -0.3 is 24.6 Å². The highest BCUT2D eigenvalue weighted by molar-refractivity contribution is 5.92. The van der Waals surface area contributed by atoms with Gasteiger partial charge >= 0.3 is 6.09 Å². The Bertz CT molecular complexity index is 717. The predicted octanol–water partition coefficient (Wildman–Crippen LogP) is 1.97. The Morgan fingerprint density at radius 1 is 1.21 bits per heavy atom. The number of rotatable bonds is 3. The van der Waals surface area contributed by atoms with E-state index < -0.39 is 5.60 Å². The maximum atomic E-state index is 12.4. The number of aryl methyl sites for hydroxylation is 1. The molecule has 8 nitrogen and oxygen atoms in total. The lowest BCUT2D eigenvalue weighted by Gasteiger charge is -2.37. The lowest BCUT2D eigenvalue weighted by atomic mass is 10.2. The van der Waals surface area contributed by atoms with Gasteiger partial charge in [0.2, 0.25) is 0 Å². The average Bonchev–Trinajstić information content (AvgIpc) is 3.13. The van der Waals surface area contributed by atoms with Crippen molar-refractivity contribution in [1.82, 2.24) is 15.2 Å². The molecule has 2 fully saturated rings. The van der Waals surface area contributed by atoms with Crippen LogP contribution < -0.4 is 10.2 Å². The molecule has 154 valence electrons. The molecule has 0 aromatic carbocycles. The largest absolute Gasteiger partial charge is 0.444 e. The monoisotopic (exact) mass is 390 g/mol. The molecule has 1 atom stereocenters. The molecule has 1 aromatic rings. The molecule has 2 aliphatic rings. The second-order valence-electron chi connectivity index (χ2n) is 8.29. The highest BCUT2D eigenvalue weighted by Gasteiger charge is 2.27. The maximum Gasteiger partial charge on any atom is 0.410 e. The molecule has 0 unspecified atom stereocenters. The van der Waals surface area contributed by atoms with Crippen LogP contribution in [0.4, 0.5) is 10.5 Å². The smallest absolute Gasteiger partial charge is 0.410 e. The summed E-state index contributed by atoms with van der Waals surface area (Å²) in [5.41, 5.74) is 1.72. The van der Waals surface area contributed by atoms with Crippen LogP contribution in [0.15, 0.2) is 12.1 Å². The van der Waals surface area contributed by atoms with Crippen LogP contribution in [0.5, 0.6) is 0 Å². The summed E-state index contributed by atoms with van der Waals surface area (Å²) < 4.78 is 10.7. The van der Waals surface area contributed by atoms with Gasteiger partial charge in [-0.05, 0) is 46.2 Å². The van der Waals surface area contributed by atoms with Gasteiger partial charge in [-0.25, -0.2) is 9.78 Å². The molecule has 1 N–H and O–H groups in total. The minimum Gasteiger partial charge on any atom is -0.444 e. The van der Waals surface area contributed by atoms with Crippen molar-refractivity contribution < 1.29 is 19.1 Å². The molecule has 0 radical (unpaired) electrons. The molecule has 2 amide bonds. The number of amides is 2. The normalized spacial score (nSPS) is 20.2. The predicted molar refractivity (Wildman–Crippen MR) is 106 cm³/mol. The third-order valence-corrected chi connectivity index (χ3v) is 4.83. The highest BCUT2D eigenvalue weighted by atomic mass is 16.6. The molecular weight excluding hydrogens is 360 g/mol. The first-order valence-corrected chi connectivity index (χ1v) is 9.82. The topological polar surface area (TPSA) is 84.0 Å². The molecule has 3 heterocycles. The van der Waals surface area contributed by atoms with Crippen LogP contribution in [0.2, 0.25) is 0 Å². The molecule has 3 rings (SSSR count). The van der Waals surface area contributed by atoms with E-state index in [-0.39, 0.29) is 18.0 Å². The van der Waals surface area contributed by atoms with E-state index in [9.17, 15) is 9.59 Å². The number of pyridine rings is 1. The number of carbonyl (C=O) groups excluding carboxylic acids is 2. The summed E-state index contributed by atoms with van der Waals surface area (Å²) >= 11 is 0. The molecule has 8 heteroatoms. The van der Waals surface area contributed by atoms with Gasteiger partial charge in [-0.2, -0.15) is 0 Å². The highest BCUT2D eigenvalue weighted by Crippen LogP contribution is 2.21. The van der Waals surface area contributed by atoms with Crippen LogP contribution in [-0.4, -0.2) is 72.9 Å². The SMILES string of the molecule is Cc1nc(C(=O)N[C@@H]2CCOC2)ccc1N1CCN(C(=O)OC(C)(C)C)CC1. The third kappa shape index (κ3) is 5.13. The molecule has 2 saturated heterocycles. The van der Waals surface area contributed by atoms with E-state index in [1.807, 2.05) is 33.8 Å². The fourth-order valence-corrected chi connectivity index (χ4v) is 3.38. The van der Waals surface area contributed by atoms with Crippen LogP contribution >= 0.6 is 0 Å². The van der Waals surface area contributed by atoms with Crippen LogP contribution in [0, 0.1) is 6.92 Å². The number of hydrogen-bond acceptors (Lipinski definition) is 6. The Morgan fingerprint density at radius 3 is 2.50 bits per heavy atom. The van der Waals surface area contributed by atoms with E-state index in [1.165, 1.54) is 0 Å². The van der Waals surface area contributed by atoms with Crippen molar-refractivity contribution in [2.45, 2.75) is 45.8 Å². The lowest BCUT2D eigenvalue weighted by molar-refractivity contribution is 0.0240. The van der Waals surface area contributed by atoms with E-state index in [4.69, 9.17) is 9.47 Å². The Hall–Kier alpha value is -2.35. The molecule has 0 bridgehead atoms. The van der Waals surface area contributed by atoms with Gasteiger partial charge in [0, 0.05) is 32.8 Å². The Morgan fingerprint density at radius 2 is 1.93 bits per heavy atom. The van der Waals surface area contributed by atoms with Crippen LogP contribution in [0.3, 0.4) is 0 Å². The summed E-state index contributed by atoms with van der Waals surface area (Å²) in [6, 6.07) is 3.76. The summed E-state index contributed by atoms with van der Waals surface area (Å²) in [5, 5.41) is 2.96. The average molecular weight is 390 g/mol. The van der Waals surface area contributed by atoms with Gasteiger partial charge in [-0.15, -0.1) is 0 Å². The first-order valence-electron chi connectivity index (χ1n) is 9.82. The van der Waals surface area contributed by atoms with E-state index in [0.717, 1.165) is 17.8 Å². The van der Waals surface area contributed by atoms with Gasteiger partial charge in [0.25, 0.3) is 5.91 Å². The number of hydrogen-bond donors (Lipinski definition) is 1. The number of aromatic nitrogens is 1. The standard InChI is InChI=1S/C20H30N4O4/c1-14-17(6-5-16(21-14)18(25)22-15-7-12-27-13-15)23-8-10-24(11-9-23)19(26)28-20(2,3)4/h5-6,15H,7-13H2,1-4H3,(H,22,25)/t15-/m1/s1. The van der Waals surface area contributed by atoms with E-state index >= 15 is 0 Å². The van der Waals surface area contributed by atoms with Crippen molar-refractivity contribution in [2.75, 3.05) is 44.3 Å². The quantitative estimate of drug-likeness (QED) is 0.850. The van der Waals surface area contributed by atoms with Crippen molar-refractivity contribution in [1.29, 1.82) is 0 Å². The van der Waals surface area contributed by atoms with Crippen molar-refractivity contribution in [2.24, 2.45) is 0 Å². The summed E-state index contributed by atoms with van der Waals surface area (Å²) in [4.78, 5) is 33.0. The third-order valence-electron chi connectivity index (χ3n) is 4.83. The van der Waals surface area contributed by atoms with Crippen LogP contribution in [0.25, 0.3) is 0 Å². The fraction of sp³-hybridized carbons (Fsp3) is 0.650. The minimum absolute atomic E-state index is 0.0650. The Kier molecular flexibility index (Phi) is 6.07. The molecule has 0 saturated carbocycles. The van der Waals surface area contributed by atoms with Gasteiger partial charge in [0.15, 0.2) is 0 Å². The van der Waals surface area contributed by atoms with Crippen molar-refractivity contribution >= 4 is 17.7 Å². The zero-order valence-corrected chi connectivity index (χ0v) is 17.2. The number of piperazine rings is 1. The van der Waals surface area contributed by atoms with Crippen molar-refractivity contribution in [3.8, 4) is 0 Å².